The number of benzene rings is 1. The fourth-order valence-corrected chi connectivity index (χ4v) is 3.31. The zero-order chi connectivity index (χ0) is 15.0. The zero-order valence-corrected chi connectivity index (χ0v) is 11.9. The Morgan fingerprint density at radius 1 is 1.43 bits per heavy atom. The first kappa shape index (κ1) is 13.6. The third kappa shape index (κ3) is 2.49. The fraction of sp³-hybridized carbons (Fsp3) is 0.231. The third-order valence-corrected chi connectivity index (χ3v) is 4.33. The second-order valence-electron chi connectivity index (χ2n) is 4.57. The second kappa shape index (κ2) is 5.21. The van der Waals surface area contributed by atoms with Gasteiger partial charge in [0.2, 0.25) is 5.91 Å². The number of rotatable bonds is 3. The molecular formula is C13H11N3O4S. The Balaban J connectivity index is 1.93. The summed E-state index contributed by atoms with van der Waals surface area (Å²) in [5, 5.41) is 14.3. The molecule has 0 unspecified atom stereocenters. The van der Waals surface area contributed by atoms with Gasteiger partial charge in [-0.3, -0.25) is 19.8 Å². The highest BCUT2D eigenvalue weighted by Crippen LogP contribution is 2.41. The van der Waals surface area contributed by atoms with E-state index in [-0.39, 0.29) is 17.0 Å². The average Bonchev–Trinajstić information content (AvgIpc) is 3.04. The normalized spacial score (nSPS) is 18.2. The summed E-state index contributed by atoms with van der Waals surface area (Å²) in [6, 6.07) is 7.89. The summed E-state index contributed by atoms with van der Waals surface area (Å²) in [6.07, 6.45) is 0. The van der Waals surface area contributed by atoms with Gasteiger partial charge in [0.1, 0.15) is 11.1 Å². The topological polar surface area (TPSA) is 89.5 Å². The van der Waals surface area contributed by atoms with Crippen molar-refractivity contribution in [2.75, 3.05) is 10.7 Å². The van der Waals surface area contributed by atoms with Gasteiger partial charge in [0, 0.05) is 18.2 Å². The van der Waals surface area contributed by atoms with Crippen molar-refractivity contribution in [1.29, 1.82) is 0 Å². The van der Waals surface area contributed by atoms with Crippen LogP contribution >= 0.6 is 11.8 Å². The monoisotopic (exact) mass is 305 g/mol. The molecule has 1 atom stereocenters. The summed E-state index contributed by atoms with van der Waals surface area (Å²) in [5.74, 6) is 1.37. The average molecular weight is 305 g/mol. The minimum atomic E-state index is -0.449. The molecule has 2 aromatic rings. The van der Waals surface area contributed by atoms with E-state index in [1.54, 1.807) is 30.0 Å². The highest BCUT2D eigenvalue weighted by Gasteiger charge is 2.35. The summed E-state index contributed by atoms with van der Waals surface area (Å²) in [7, 11) is 0. The van der Waals surface area contributed by atoms with Crippen molar-refractivity contribution in [1.82, 2.24) is 5.16 Å². The number of aryl methyl sites for hydroxylation is 1. The number of non-ortho nitro benzene ring substituents is 1. The van der Waals surface area contributed by atoms with Gasteiger partial charge >= 0.3 is 0 Å². The van der Waals surface area contributed by atoms with E-state index in [0.29, 0.717) is 17.3 Å². The van der Waals surface area contributed by atoms with E-state index in [1.807, 2.05) is 0 Å². The van der Waals surface area contributed by atoms with Gasteiger partial charge in [0.15, 0.2) is 5.82 Å². The van der Waals surface area contributed by atoms with Gasteiger partial charge in [0.05, 0.1) is 10.7 Å². The molecule has 0 bridgehead atoms. The summed E-state index contributed by atoms with van der Waals surface area (Å²) in [5.41, 5.74) is 0.842. The molecule has 108 valence electrons. The number of aromatic nitrogens is 1. The standard InChI is InChI=1S/C13H11N3O4S/c1-8-6-11(14-20-8)15-12(17)7-21-13(15)9-2-4-10(5-3-9)16(18)19/h2-6,13H,7H2,1H3/t13-/m0/s1. The maximum atomic E-state index is 12.1. The highest BCUT2D eigenvalue weighted by atomic mass is 32.2. The van der Waals surface area contributed by atoms with Crippen LogP contribution in [-0.4, -0.2) is 21.7 Å². The predicted octanol–water partition coefficient (Wildman–Crippen LogP) is 2.67. The summed E-state index contributed by atoms with van der Waals surface area (Å²) < 4.78 is 5.02. The van der Waals surface area contributed by atoms with Crippen molar-refractivity contribution in [3.05, 3.63) is 51.8 Å². The van der Waals surface area contributed by atoms with Gasteiger partial charge in [-0.1, -0.05) is 5.16 Å². The molecule has 0 saturated carbocycles. The quantitative estimate of drug-likeness (QED) is 0.639. The molecule has 1 fully saturated rings. The first-order valence-electron chi connectivity index (χ1n) is 6.17. The molecule has 3 rings (SSSR count). The van der Waals surface area contributed by atoms with E-state index in [9.17, 15) is 14.9 Å². The van der Waals surface area contributed by atoms with Crippen LogP contribution < -0.4 is 4.90 Å². The molecule has 1 aromatic heterocycles. The van der Waals surface area contributed by atoms with E-state index in [2.05, 4.69) is 5.16 Å². The molecule has 1 saturated heterocycles. The number of thioether (sulfide) groups is 1. The summed E-state index contributed by atoms with van der Waals surface area (Å²) in [6.45, 7) is 1.76. The number of nitro groups is 1. The number of anilines is 1. The molecule has 1 aliphatic heterocycles. The number of amides is 1. The van der Waals surface area contributed by atoms with Crippen molar-refractivity contribution in [3.8, 4) is 0 Å². The minimum Gasteiger partial charge on any atom is -0.360 e. The summed E-state index contributed by atoms with van der Waals surface area (Å²) >= 11 is 1.45. The van der Waals surface area contributed by atoms with Crippen LogP contribution in [0.1, 0.15) is 16.7 Å². The van der Waals surface area contributed by atoms with Gasteiger partial charge in [-0.15, -0.1) is 11.8 Å². The number of carbonyl (C=O) groups is 1. The second-order valence-corrected chi connectivity index (χ2v) is 5.64. The molecule has 21 heavy (non-hydrogen) atoms. The minimum absolute atomic E-state index is 0.0249. The van der Waals surface area contributed by atoms with Gasteiger partial charge in [-0.25, -0.2) is 0 Å². The van der Waals surface area contributed by atoms with E-state index in [1.165, 1.54) is 23.9 Å². The zero-order valence-electron chi connectivity index (χ0n) is 11.1. The van der Waals surface area contributed by atoms with Crippen LogP contribution in [0, 0.1) is 17.0 Å². The SMILES string of the molecule is Cc1cc(N2C(=O)CS[C@H]2c2ccc([N+](=O)[O-])cc2)no1. The molecule has 1 aliphatic rings. The third-order valence-electron chi connectivity index (χ3n) is 3.12. The number of nitro benzene ring substituents is 1. The molecule has 1 amide bonds. The maximum Gasteiger partial charge on any atom is 0.269 e. The molecular weight excluding hydrogens is 294 g/mol. The van der Waals surface area contributed by atoms with E-state index in [4.69, 9.17) is 4.52 Å². The number of carbonyl (C=O) groups excluding carboxylic acids is 1. The van der Waals surface area contributed by atoms with Crippen LogP contribution in [0.25, 0.3) is 0 Å². The molecule has 7 nitrogen and oxygen atoms in total. The molecule has 8 heteroatoms. The molecule has 0 aliphatic carbocycles. The largest absolute Gasteiger partial charge is 0.360 e. The van der Waals surface area contributed by atoms with Gasteiger partial charge in [0.25, 0.3) is 5.69 Å². The van der Waals surface area contributed by atoms with Gasteiger partial charge < -0.3 is 4.52 Å². The number of nitrogens with zero attached hydrogens (tertiary/aromatic N) is 3. The van der Waals surface area contributed by atoms with Crippen molar-refractivity contribution in [3.63, 3.8) is 0 Å². The Morgan fingerprint density at radius 2 is 2.14 bits per heavy atom. The Bertz CT molecular complexity index is 698. The Kier molecular flexibility index (Phi) is 3.38. The lowest BCUT2D eigenvalue weighted by Gasteiger charge is -2.21. The van der Waals surface area contributed by atoms with Crippen LogP contribution in [0.3, 0.4) is 0 Å². The Hall–Kier alpha value is -2.35. The fourth-order valence-electron chi connectivity index (χ4n) is 2.15. The molecule has 0 spiro atoms. The van der Waals surface area contributed by atoms with Crippen LogP contribution in [0.4, 0.5) is 11.5 Å². The lowest BCUT2D eigenvalue weighted by atomic mass is 10.2. The van der Waals surface area contributed by atoms with Crippen molar-refractivity contribution < 1.29 is 14.2 Å². The van der Waals surface area contributed by atoms with Crippen LogP contribution in [0.5, 0.6) is 0 Å². The molecule has 1 aromatic carbocycles. The highest BCUT2D eigenvalue weighted by molar-refractivity contribution is 8.00. The smallest absolute Gasteiger partial charge is 0.269 e. The predicted molar refractivity (Wildman–Crippen MR) is 77.0 cm³/mol. The van der Waals surface area contributed by atoms with Crippen molar-refractivity contribution in [2.24, 2.45) is 0 Å². The van der Waals surface area contributed by atoms with Crippen LogP contribution in [-0.2, 0) is 4.79 Å². The number of hydrogen-bond acceptors (Lipinski definition) is 6. The lowest BCUT2D eigenvalue weighted by Crippen LogP contribution is -2.28. The Labute approximate surface area is 124 Å². The van der Waals surface area contributed by atoms with Crippen molar-refractivity contribution in [2.45, 2.75) is 12.3 Å². The Morgan fingerprint density at radius 3 is 2.71 bits per heavy atom. The first-order valence-corrected chi connectivity index (χ1v) is 7.22. The van der Waals surface area contributed by atoms with E-state index < -0.39 is 4.92 Å². The lowest BCUT2D eigenvalue weighted by molar-refractivity contribution is -0.384. The maximum absolute atomic E-state index is 12.1. The molecule has 0 N–H and O–H groups in total. The van der Waals surface area contributed by atoms with Crippen LogP contribution in [0.15, 0.2) is 34.9 Å². The molecule has 2 heterocycles. The van der Waals surface area contributed by atoms with Crippen LogP contribution in [0.2, 0.25) is 0 Å². The molecule has 0 radical (unpaired) electrons. The van der Waals surface area contributed by atoms with Gasteiger partial charge in [-0.2, -0.15) is 0 Å². The first-order chi connectivity index (χ1) is 10.1. The van der Waals surface area contributed by atoms with E-state index in [0.717, 1.165) is 5.56 Å². The summed E-state index contributed by atoms with van der Waals surface area (Å²) in [4.78, 5) is 23.9. The van der Waals surface area contributed by atoms with Gasteiger partial charge in [-0.05, 0) is 24.6 Å². The van der Waals surface area contributed by atoms with E-state index >= 15 is 0 Å². The number of hydrogen-bond donors (Lipinski definition) is 0. The van der Waals surface area contributed by atoms with Crippen molar-refractivity contribution >= 4 is 29.2 Å².